The molecule has 2 rings (SSSR count). The number of nitrogens with one attached hydrogen (secondary N) is 1. The van der Waals surface area contributed by atoms with Gasteiger partial charge in [-0.15, -0.1) is 16.8 Å². The molecule has 0 fully saturated rings. The van der Waals surface area contributed by atoms with Crippen LogP contribution < -0.4 is 5.32 Å². The molecule has 1 amide bonds. The highest BCUT2D eigenvalue weighted by molar-refractivity contribution is 7.99. The smallest absolute Gasteiger partial charge is 0.230 e. The van der Waals surface area contributed by atoms with Crippen molar-refractivity contribution in [3.8, 4) is 0 Å². The van der Waals surface area contributed by atoms with Gasteiger partial charge in [-0.3, -0.25) is 4.79 Å². The molecule has 122 valence electrons. The molecule has 0 bridgehead atoms. The average molecular weight is 334 g/mol. The summed E-state index contributed by atoms with van der Waals surface area (Å²) < 4.78 is 15.1. The third-order valence-corrected chi connectivity index (χ3v) is 4.22. The summed E-state index contributed by atoms with van der Waals surface area (Å²) in [7, 11) is 0. The highest BCUT2D eigenvalue weighted by atomic mass is 32.2. The van der Waals surface area contributed by atoms with Crippen molar-refractivity contribution < 1.29 is 9.18 Å². The van der Waals surface area contributed by atoms with Crippen LogP contribution in [-0.4, -0.2) is 26.4 Å². The minimum absolute atomic E-state index is 0.109. The third-order valence-electron chi connectivity index (χ3n) is 3.26. The van der Waals surface area contributed by atoms with Crippen LogP contribution in [0, 0.1) is 19.7 Å². The number of amides is 1. The molecule has 0 atom stereocenters. The monoisotopic (exact) mass is 334 g/mol. The zero-order valence-electron chi connectivity index (χ0n) is 13.2. The van der Waals surface area contributed by atoms with E-state index in [2.05, 4.69) is 22.1 Å². The molecular weight excluding hydrogens is 315 g/mol. The van der Waals surface area contributed by atoms with Crippen molar-refractivity contribution in [2.45, 2.75) is 32.1 Å². The van der Waals surface area contributed by atoms with Crippen LogP contribution in [0.15, 0.2) is 36.0 Å². The van der Waals surface area contributed by atoms with Crippen molar-refractivity contribution in [3.63, 3.8) is 0 Å². The molecule has 23 heavy (non-hydrogen) atoms. The standard InChI is InChI=1S/C16H19FN4OS/c1-4-7-21-12(3)19-20-16(21)23-10-15(22)18-9-13-5-6-14(17)11(2)8-13/h4-6,8H,1,7,9-10H2,2-3H3,(H,18,22). The van der Waals surface area contributed by atoms with Crippen molar-refractivity contribution in [3.05, 3.63) is 53.6 Å². The van der Waals surface area contributed by atoms with Crippen molar-refractivity contribution in [2.24, 2.45) is 0 Å². The van der Waals surface area contributed by atoms with E-state index in [0.29, 0.717) is 23.8 Å². The predicted molar refractivity (Wildman–Crippen MR) is 88.7 cm³/mol. The maximum atomic E-state index is 13.2. The molecule has 1 N–H and O–H groups in total. The molecular formula is C16H19FN4OS. The Morgan fingerprint density at radius 1 is 1.43 bits per heavy atom. The number of hydrogen-bond acceptors (Lipinski definition) is 4. The van der Waals surface area contributed by atoms with Gasteiger partial charge in [-0.1, -0.05) is 30.0 Å². The second-order valence-corrected chi connectivity index (χ2v) is 6.02. The van der Waals surface area contributed by atoms with E-state index in [9.17, 15) is 9.18 Å². The number of allylic oxidation sites excluding steroid dienone is 1. The first kappa shape index (κ1) is 17.2. The van der Waals surface area contributed by atoms with E-state index in [1.54, 1.807) is 25.1 Å². The quantitative estimate of drug-likeness (QED) is 0.625. The van der Waals surface area contributed by atoms with Gasteiger partial charge in [-0.25, -0.2) is 4.39 Å². The first-order valence-electron chi connectivity index (χ1n) is 7.16. The van der Waals surface area contributed by atoms with Gasteiger partial charge in [0.2, 0.25) is 5.91 Å². The number of hydrogen-bond donors (Lipinski definition) is 1. The zero-order chi connectivity index (χ0) is 16.8. The topological polar surface area (TPSA) is 59.8 Å². The average Bonchev–Trinajstić information content (AvgIpc) is 2.87. The Morgan fingerprint density at radius 2 is 2.22 bits per heavy atom. The predicted octanol–water partition coefficient (Wildman–Crippen LogP) is 2.63. The molecule has 0 spiro atoms. The van der Waals surface area contributed by atoms with Gasteiger partial charge in [-0.05, 0) is 31.0 Å². The number of aromatic nitrogens is 3. The SMILES string of the molecule is C=CCn1c(C)nnc1SCC(=O)NCc1ccc(F)c(C)c1. The fourth-order valence-electron chi connectivity index (χ4n) is 2.01. The fraction of sp³-hybridized carbons (Fsp3) is 0.312. The van der Waals surface area contributed by atoms with Gasteiger partial charge in [0.25, 0.3) is 0 Å². The summed E-state index contributed by atoms with van der Waals surface area (Å²) in [5.41, 5.74) is 1.44. The van der Waals surface area contributed by atoms with Gasteiger partial charge in [0.05, 0.1) is 5.75 Å². The molecule has 1 aromatic carbocycles. The van der Waals surface area contributed by atoms with E-state index in [-0.39, 0.29) is 17.5 Å². The van der Waals surface area contributed by atoms with Gasteiger partial charge in [0.1, 0.15) is 11.6 Å². The summed E-state index contributed by atoms with van der Waals surface area (Å²) in [6.07, 6.45) is 1.76. The van der Waals surface area contributed by atoms with Crippen LogP contribution in [-0.2, 0) is 17.9 Å². The molecule has 1 heterocycles. The van der Waals surface area contributed by atoms with Crippen molar-refractivity contribution >= 4 is 17.7 Å². The van der Waals surface area contributed by atoms with E-state index < -0.39 is 0 Å². The Balaban J connectivity index is 1.85. The number of aryl methyl sites for hydroxylation is 2. The molecule has 0 aliphatic rings. The molecule has 0 saturated carbocycles. The number of carbonyl (C=O) groups excluding carboxylic acids is 1. The van der Waals surface area contributed by atoms with Gasteiger partial charge >= 0.3 is 0 Å². The van der Waals surface area contributed by atoms with E-state index in [1.807, 2.05) is 11.5 Å². The molecule has 5 nitrogen and oxygen atoms in total. The molecule has 0 aliphatic carbocycles. The van der Waals surface area contributed by atoms with Crippen molar-refractivity contribution in [2.75, 3.05) is 5.75 Å². The Labute approximate surface area is 139 Å². The number of nitrogens with zero attached hydrogens (tertiary/aromatic N) is 3. The lowest BCUT2D eigenvalue weighted by atomic mass is 10.1. The van der Waals surface area contributed by atoms with Crippen LogP contribution in [0.3, 0.4) is 0 Å². The third kappa shape index (κ3) is 4.66. The summed E-state index contributed by atoms with van der Waals surface area (Å²) in [4.78, 5) is 11.9. The normalized spacial score (nSPS) is 10.6. The highest BCUT2D eigenvalue weighted by Gasteiger charge is 2.11. The van der Waals surface area contributed by atoms with Crippen LogP contribution in [0.5, 0.6) is 0 Å². The van der Waals surface area contributed by atoms with Crippen molar-refractivity contribution in [1.82, 2.24) is 20.1 Å². The second-order valence-electron chi connectivity index (χ2n) is 5.08. The number of halogens is 1. The summed E-state index contributed by atoms with van der Waals surface area (Å²) in [6, 6.07) is 4.80. The van der Waals surface area contributed by atoms with Crippen LogP contribution >= 0.6 is 11.8 Å². The minimum Gasteiger partial charge on any atom is -0.351 e. The Hall–Kier alpha value is -2.15. The number of carbonyl (C=O) groups is 1. The molecule has 7 heteroatoms. The Kier molecular flexibility index (Phi) is 5.92. The summed E-state index contributed by atoms with van der Waals surface area (Å²) in [6.45, 7) is 8.24. The van der Waals surface area contributed by atoms with E-state index in [4.69, 9.17) is 0 Å². The summed E-state index contributed by atoms with van der Waals surface area (Å²) in [5, 5.41) is 11.6. The second kappa shape index (κ2) is 7.92. The van der Waals surface area contributed by atoms with Gasteiger partial charge in [-0.2, -0.15) is 0 Å². The summed E-state index contributed by atoms with van der Waals surface area (Å²) >= 11 is 1.33. The largest absolute Gasteiger partial charge is 0.351 e. The maximum Gasteiger partial charge on any atom is 0.230 e. The van der Waals surface area contributed by atoms with E-state index >= 15 is 0 Å². The lowest BCUT2D eigenvalue weighted by Crippen LogP contribution is -2.24. The van der Waals surface area contributed by atoms with Crippen LogP contribution in [0.25, 0.3) is 0 Å². The first-order chi connectivity index (χ1) is 11.0. The van der Waals surface area contributed by atoms with Gasteiger partial charge in [0.15, 0.2) is 5.16 Å². The lowest BCUT2D eigenvalue weighted by molar-refractivity contribution is -0.118. The Bertz CT molecular complexity index is 714. The zero-order valence-corrected chi connectivity index (χ0v) is 14.0. The minimum atomic E-state index is -0.243. The van der Waals surface area contributed by atoms with Crippen LogP contribution in [0.4, 0.5) is 4.39 Å². The van der Waals surface area contributed by atoms with Crippen LogP contribution in [0.2, 0.25) is 0 Å². The number of benzene rings is 1. The van der Waals surface area contributed by atoms with Gasteiger partial charge < -0.3 is 9.88 Å². The first-order valence-corrected chi connectivity index (χ1v) is 8.15. The Morgan fingerprint density at radius 3 is 2.91 bits per heavy atom. The molecule has 0 unspecified atom stereocenters. The number of thioether (sulfide) groups is 1. The van der Waals surface area contributed by atoms with E-state index in [0.717, 1.165) is 11.4 Å². The van der Waals surface area contributed by atoms with Crippen LogP contribution in [0.1, 0.15) is 17.0 Å². The van der Waals surface area contributed by atoms with Gasteiger partial charge in [0, 0.05) is 13.1 Å². The molecule has 0 saturated heterocycles. The molecule has 2 aromatic rings. The molecule has 0 aliphatic heterocycles. The molecule has 1 aromatic heterocycles. The number of rotatable bonds is 7. The molecule has 0 radical (unpaired) electrons. The van der Waals surface area contributed by atoms with E-state index in [1.165, 1.54) is 17.8 Å². The highest BCUT2D eigenvalue weighted by Crippen LogP contribution is 2.16. The lowest BCUT2D eigenvalue weighted by Gasteiger charge is -2.07. The maximum absolute atomic E-state index is 13.2. The fourth-order valence-corrected chi connectivity index (χ4v) is 2.83. The van der Waals surface area contributed by atoms with Crippen molar-refractivity contribution in [1.29, 1.82) is 0 Å². The summed E-state index contributed by atoms with van der Waals surface area (Å²) in [5.74, 6) is 0.681.